The maximum Gasteiger partial charge on any atom is 0.0963 e. The quantitative estimate of drug-likeness (QED) is 0.704. The van der Waals surface area contributed by atoms with Crippen LogP contribution in [-0.2, 0) is 6.42 Å². The van der Waals surface area contributed by atoms with Gasteiger partial charge in [0.05, 0.1) is 6.67 Å². The van der Waals surface area contributed by atoms with Crippen molar-refractivity contribution in [1.82, 2.24) is 0 Å². The zero-order chi connectivity index (χ0) is 10.6. The lowest BCUT2D eigenvalue weighted by Gasteiger charge is -2.12. The van der Waals surface area contributed by atoms with Crippen molar-refractivity contribution in [1.29, 1.82) is 0 Å². The van der Waals surface area contributed by atoms with Crippen LogP contribution in [0.15, 0.2) is 18.2 Å². The fourth-order valence-electron chi connectivity index (χ4n) is 1.46. The fourth-order valence-corrected chi connectivity index (χ4v) is 1.84. The van der Waals surface area contributed by atoms with E-state index in [0.29, 0.717) is 5.02 Å². The monoisotopic (exact) mass is 213 g/mol. The van der Waals surface area contributed by atoms with Gasteiger partial charge in [-0.2, -0.15) is 0 Å². The van der Waals surface area contributed by atoms with Crippen molar-refractivity contribution in [3.8, 4) is 0 Å². The minimum absolute atomic E-state index is 0.348. The molecule has 0 bridgehead atoms. The second-order valence-corrected chi connectivity index (χ2v) is 3.80. The van der Waals surface area contributed by atoms with Crippen LogP contribution in [-0.4, -0.2) is 6.67 Å². The van der Waals surface area contributed by atoms with Gasteiger partial charge in [0.25, 0.3) is 0 Å². The van der Waals surface area contributed by atoms with Crippen molar-refractivity contribution in [2.75, 3.05) is 6.67 Å². The molecule has 1 aromatic carbocycles. The molecule has 0 saturated carbocycles. The van der Waals surface area contributed by atoms with E-state index in [0.717, 1.165) is 24.0 Å². The zero-order valence-corrected chi connectivity index (χ0v) is 9.15. The average Bonchev–Trinajstić information content (AvgIpc) is 2.20. The molecule has 0 aliphatic carbocycles. The molecule has 1 rings (SSSR count). The second kappa shape index (κ2) is 5.35. The fraction of sp³-hybridized carbons (Fsp3) is 0.417. The summed E-state index contributed by atoms with van der Waals surface area (Å²) in [7, 11) is 0. The van der Waals surface area contributed by atoms with E-state index in [-0.39, 0.29) is 5.92 Å². The van der Waals surface area contributed by atoms with E-state index in [4.69, 9.17) is 11.6 Å². The summed E-state index contributed by atoms with van der Waals surface area (Å²) in [6, 6.07) is 5.75. The molecule has 0 nitrogen and oxygen atoms in total. The molecule has 0 aromatic heterocycles. The first-order valence-corrected chi connectivity index (χ1v) is 5.24. The molecule has 14 heavy (non-hydrogen) atoms. The van der Waals surface area contributed by atoms with Gasteiger partial charge in [-0.25, -0.2) is 0 Å². The number of aryl methyl sites for hydroxylation is 1. The predicted molar refractivity (Wildman–Crippen MR) is 59.5 cm³/mol. The number of hydrogen-bond donors (Lipinski definition) is 0. The molecule has 0 N–H and O–H groups in total. The normalized spacial score (nSPS) is 12.9. The summed E-state index contributed by atoms with van der Waals surface area (Å²) in [5.74, 6) is -0.348. The van der Waals surface area contributed by atoms with Gasteiger partial charge in [-0.1, -0.05) is 43.1 Å². The van der Waals surface area contributed by atoms with Crippen molar-refractivity contribution in [3.05, 3.63) is 41.3 Å². The van der Waals surface area contributed by atoms with Gasteiger partial charge in [0.1, 0.15) is 0 Å². The molecule has 0 aliphatic rings. The lowest BCUT2D eigenvalue weighted by molar-refractivity contribution is 0.465. The van der Waals surface area contributed by atoms with Crippen molar-refractivity contribution in [2.45, 2.75) is 25.7 Å². The SMILES string of the molecule is [CH2]C(CF)c1cccc(CCC)c1Cl. The summed E-state index contributed by atoms with van der Waals surface area (Å²) >= 11 is 6.15. The van der Waals surface area contributed by atoms with Gasteiger partial charge >= 0.3 is 0 Å². The number of alkyl halides is 1. The predicted octanol–water partition coefficient (Wildman–Crippen LogP) is 4.18. The van der Waals surface area contributed by atoms with Gasteiger partial charge < -0.3 is 0 Å². The lowest BCUT2D eigenvalue weighted by Crippen LogP contribution is -1.99. The highest BCUT2D eigenvalue weighted by atomic mass is 35.5. The van der Waals surface area contributed by atoms with E-state index >= 15 is 0 Å². The number of benzene rings is 1. The first-order chi connectivity index (χ1) is 6.70. The molecule has 1 aromatic rings. The molecule has 1 unspecified atom stereocenters. The lowest BCUT2D eigenvalue weighted by atomic mass is 9.98. The van der Waals surface area contributed by atoms with Gasteiger partial charge in [0.15, 0.2) is 0 Å². The van der Waals surface area contributed by atoms with Crippen molar-refractivity contribution >= 4 is 11.6 Å². The number of halogens is 2. The molecule has 77 valence electrons. The minimum atomic E-state index is -0.463. The maximum atomic E-state index is 12.4. The molecule has 2 heteroatoms. The standard InChI is InChI=1S/C12H15ClF/c1-3-5-10-6-4-7-11(12(10)13)9(2)8-14/h4,6-7,9H,2-3,5,8H2,1H3. The summed E-state index contributed by atoms with van der Waals surface area (Å²) < 4.78 is 12.4. The topological polar surface area (TPSA) is 0 Å². The van der Waals surface area contributed by atoms with Crippen LogP contribution in [0.25, 0.3) is 0 Å². The van der Waals surface area contributed by atoms with Crippen LogP contribution in [0.3, 0.4) is 0 Å². The van der Waals surface area contributed by atoms with Crippen LogP contribution in [0, 0.1) is 6.92 Å². The molecule has 0 heterocycles. The Morgan fingerprint density at radius 3 is 2.79 bits per heavy atom. The van der Waals surface area contributed by atoms with Crippen LogP contribution < -0.4 is 0 Å². The minimum Gasteiger partial charge on any atom is -0.250 e. The molecule has 1 radical (unpaired) electrons. The van der Waals surface area contributed by atoms with Gasteiger partial charge in [-0.3, -0.25) is 4.39 Å². The van der Waals surface area contributed by atoms with E-state index in [1.807, 2.05) is 18.2 Å². The molecule has 0 aliphatic heterocycles. The highest BCUT2D eigenvalue weighted by Gasteiger charge is 2.11. The number of hydrogen-bond acceptors (Lipinski definition) is 0. The van der Waals surface area contributed by atoms with Crippen molar-refractivity contribution < 1.29 is 4.39 Å². The summed E-state index contributed by atoms with van der Waals surface area (Å²) in [6.45, 7) is 5.36. The van der Waals surface area contributed by atoms with Crippen LogP contribution in [0.5, 0.6) is 0 Å². The van der Waals surface area contributed by atoms with E-state index < -0.39 is 6.67 Å². The van der Waals surface area contributed by atoms with Crippen LogP contribution in [0.1, 0.15) is 30.4 Å². The maximum absolute atomic E-state index is 12.4. The van der Waals surface area contributed by atoms with E-state index in [2.05, 4.69) is 13.8 Å². The van der Waals surface area contributed by atoms with Crippen LogP contribution in [0.2, 0.25) is 5.02 Å². The third kappa shape index (κ3) is 2.48. The smallest absolute Gasteiger partial charge is 0.0963 e. The highest BCUT2D eigenvalue weighted by Crippen LogP contribution is 2.28. The third-order valence-corrected chi connectivity index (χ3v) is 2.71. The first kappa shape index (κ1) is 11.5. The number of rotatable bonds is 4. The van der Waals surface area contributed by atoms with Gasteiger partial charge in [0, 0.05) is 10.9 Å². The Morgan fingerprint density at radius 2 is 2.21 bits per heavy atom. The van der Waals surface area contributed by atoms with Crippen molar-refractivity contribution in [3.63, 3.8) is 0 Å². The Hall–Kier alpha value is -0.560. The highest BCUT2D eigenvalue weighted by molar-refractivity contribution is 6.32. The van der Waals surface area contributed by atoms with Crippen LogP contribution >= 0.6 is 11.6 Å². The summed E-state index contributed by atoms with van der Waals surface area (Å²) in [6.07, 6.45) is 1.98. The molecule has 1 atom stereocenters. The van der Waals surface area contributed by atoms with Crippen LogP contribution in [0.4, 0.5) is 4.39 Å². The average molecular weight is 214 g/mol. The summed E-state index contributed by atoms with van der Waals surface area (Å²) in [4.78, 5) is 0. The molecule has 0 spiro atoms. The molecular formula is C12H15ClF. The molecular weight excluding hydrogens is 199 g/mol. The van der Waals surface area contributed by atoms with Crippen molar-refractivity contribution in [2.24, 2.45) is 0 Å². The Morgan fingerprint density at radius 1 is 1.50 bits per heavy atom. The molecule has 0 saturated heterocycles. The Balaban J connectivity index is 3.00. The van der Waals surface area contributed by atoms with Gasteiger partial charge in [-0.05, 0) is 24.5 Å². The van der Waals surface area contributed by atoms with E-state index in [9.17, 15) is 4.39 Å². The second-order valence-electron chi connectivity index (χ2n) is 3.42. The van der Waals surface area contributed by atoms with Gasteiger partial charge in [0.2, 0.25) is 0 Å². The molecule has 0 amide bonds. The third-order valence-electron chi connectivity index (χ3n) is 2.25. The first-order valence-electron chi connectivity index (χ1n) is 4.87. The Kier molecular flexibility index (Phi) is 4.40. The largest absolute Gasteiger partial charge is 0.250 e. The zero-order valence-electron chi connectivity index (χ0n) is 8.39. The summed E-state index contributed by atoms with van der Waals surface area (Å²) in [5, 5.41) is 0.687. The molecule has 0 fully saturated rings. The Bertz CT molecular complexity index is 296. The van der Waals surface area contributed by atoms with Gasteiger partial charge in [-0.15, -0.1) is 0 Å². The van der Waals surface area contributed by atoms with E-state index in [1.165, 1.54) is 0 Å². The Labute approximate surface area is 90.1 Å². The van der Waals surface area contributed by atoms with E-state index in [1.54, 1.807) is 0 Å². The summed E-state index contributed by atoms with van der Waals surface area (Å²) in [5.41, 5.74) is 1.91.